The van der Waals surface area contributed by atoms with Gasteiger partial charge in [-0.2, -0.15) is 5.57 Å². The van der Waals surface area contributed by atoms with E-state index in [9.17, 15) is 0 Å². The van der Waals surface area contributed by atoms with E-state index in [2.05, 4.69) is 55.4 Å². The third-order valence-corrected chi connectivity index (χ3v) is 2.45. The van der Waals surface area contributed by atoms with Crippen LogP contribution in [0.5, 0.6) is 0 Å². The molecule has 23 heavy (non-hydrogen) atoms. The SMILES string of the molecule is CC(C)(C)[NH-].CN(C)C1=C(c2ccccc2)C=[C-]C1.[CH3-].[CH3-].[SiH4].[Ti+4]. The van der Waals surface area contributed by atoms with Gasteiger partial charge in [0.2, 0.25) is 0 Å². The summed E-state index contributed by atoms with van der Waals surface area (Å²) < 4.78 is 0. The maximum absolute atomic E-state index is 6.94. The second kappa shape index (κ2) is 13.8. The van der Waals surface area contributed by atoms with Gasteiger partial charge in [0, 0.05) is 14.1 Å². The van der Waals surface area contributed by atoms with Crippen molar-refractivity contribution >= 4 is 16.5 Å². The van der Waals surface area contributed by atoms with Gasteiger partial charge in [-0.1, -0.05) is 68.8 Å². The minimum atomic E-state index is -0.250. The van der Waals surface area contributed by atoms with E-state index in [-0.39, 0.29) is 53.1 Å². The van der Waals surface area contributed by atoms with Crippen LogP contribution in [0.4, 0.5) is 0 Å². The third-order valence-electron chi connectivity index (χ3n) is 2.45. The number of hydrogen-bond acceptors (Lipinski definition) is 1. The second-order valence-corrected chi connectivity index (χ2v) is 5.90. The van der Waals surface area contributed by atoms with E-state index >= 15 is 0 Å². The molecule has 0 aromatic heterocycles. The molecule has 0 amide bonds. The number of nitrogens with zero attached hydrogens (tertiary/aromatic N) is 1. The fourth-order valence-corrected chi connectivity index (χ4v) is 1.69. The summed E-state index contributed by atoms with van der Waals surface area (Å²) in [6, 6.07) is 10.5. The molecule has 0 bridgehead atoms. The molecule has 1 aromatic carbocycles. The molecule has 1 aromatic rings. The van der Waals surface area contributed by atoms with Crippen LogP contribution >= 0.6 is 0 Å². The van der Waals surface area contributed by atoms with Gasteiger partial charge >= 0.3 is 21.7 Å². The van der Waals surface area contributed by atoms with Gasteiger partial charge < -0.3 is 25.5 Å². The summed E-state index contributed by atoms with van der Waals surface area (Å²) in [6.45, 7) is 5.56. The minimum Gasteiger partial charge on any atom is -0.673 e. The fraction of sp³-hybridized carbons (Fsp3) is 0.368. The van der Waals surface area contributed by atoms with Crippen LogP contribution in [0.2, 0.25) is 0 Å². The molecule has 0 saturated carbocycles. The van der Waals surface area contributed by atoms with Crippen molar-refractivity contribution in [2.24, 2.45) is 0 Å². The first-order chi connectivity index (χ1) is 8.79. The predicted octanol–water partition coefficient (Wildman–Crippen LogP) is 4.01. The molecular weight excluding hydrogens is 332 g/mol. The number of hydrogen-bond donors (Lipinski definition) is 0. The number of nitrogens with one attached hydrogen (secondary N) is 1. The van der Waals surface area contributed by atoms with E-state index in [0.29, 0.717) is 0 Å². The first-order valence-electron chi connectivity index (χ1n) is 6.56. The molecular formula is C19H34N2SiTi. The van der Waals surface area contributed by atoms with Crippen LogP contribution < -0.4 is 0 Å². The van der Waals surface area contributed by atoms with Crippen LogP contribution in [0.25, 0.3) is 11.3 Å². The third kappa shape index (κ3) is 12.5. The maximum Gasteiger partial charge on any atom is 4.00 e. The molecule has 2 rings (SSSR count). The van der Waals surface area contributed by atoms with Crippen molar-refractivity contribution in [2.75, 3.05) is 14.1 Å². The molecule has 0 heterocycles. The predicted molar refractivity (Wildman–Crippen MR) is 108 cm³/mol. The van der Waals surface area contributed by atoms with Gasteiger partial charge in [0.05, 0.1) is 0 Å². The standard InChI is InChI=1S/C13H14N.C4H10N.2CH3.H4Si.Ti/c1-14(2)13-10-6-9-12(13)11-7-4-3-5-8-11;1-4(2,3)5;;;;/h3-5,7-9H,10H2,1-2H3;5H,1-3H3;2*1H3;1H4;/q4*-1;;+4. The molecule has 0 unspecified atom stereocenters. The van der Waals surface area contributed by atoms with Gasteiger partial charge in [0.1, 0.15) is 0 Å². The first kappa shape index (κ1) is 30.3. The maximum atomic E-state index is 6.94. The average molecular weight is 366 g/mol. The summed E-state index contributed by atoms with van der Waals surface area (Å²) in [7, 11) is 4.16. The number of benzene rings is 1. The average Bonchev–Trinajstić information content (AvgIpc) is 2.76. The number of rotatable bonds is 2. The van der Waals surface area contributed by atoms with Gasteiger partial charge in [-0.25, -0.2) is 6.08 Å². The molecule has 2 nitrogen and oxygen atoms in total. The molecule has 0 fully saturated rings. The molecule has 1 aliphatic carbocycles. The molecule has 1 aliphatic rings. The van der Waals surface area contributed by atoms with Crippen LogP contribution in [0.1, 0.15) is 32.8 Å². The summed E-state index contributed by atoms with van der Waals surface area (Å²) >= 11 is 0. The topological polar surface area (TPSA) is 27.0 Å². The first-order valence-corrected chi connectivity index (χ1v) is 6.56. The molecule has 0 aliphatic heterocycles. The van der Waals surface area contributed by atoms with Crippen LogP contribution in [0.15, 0.2) is 42.1 Å². The van der Waals surface area contributed by atoms with Crippen molar-refractivity contribution in [2.45, 2.75) is 32.7 Å². The summed E-state index contributed by atoms with van der Waals surface area (Å²) in [4.78, 5) is 2.17. The van der Waals surface area contributed by atoms with Crippen molar-refractivity contribution in [1.82, 2.24) is 4.90 Å². The van der Waals surface area contributed by atoms with E-state index in [4.69, 9.17) is 5.73 Å². The summed E-state index contributed by atoms with van der Waals surface area (Å²) in [5.74, 6) is 0. The van der Waals surface area contributed by atoms with Crippen molar-refractivity contribution in [1.29, 1.82) is 0 Å². The molecule has 1 N–H and O–H groups in total. The Balaban J connectivity index is -0.000000179. The molecule has 0 saturated heterocycles. The Morgan fingerprint density at radius 2 is 1.48 bits per heavy atom. The summed E-state index contributed by atoms with van der Waals surface area (Å²) in [5, 5.41) is 0. The zero-order valence-electron chi connectivity index (χ0n) is 15.1. The normalized spacial score (nSPS) is 11.7. The Morgan fingerprint density at radius 3 is 1.87 bits per heavy atom. The van der Waals surface area contributed by atoms with Gasteiger partial charge in [0.15, 0.2) is 0 Å². The van der Waals surface area contributed by atoms with Crippen molar-refractivity contribution in [3.8, 4) is 0 Å². The van der Waals surface area contributed by atoms with Crippen LogP contribution in [0, 0.1) is 20.9 Å². The van der Waals surface area contributed by atoms with E-state index in [1.54, 1.807) is 0 Å². The van der Waals surface area contributed by atoms with Gasteiger partial charge in [0.25, 0.3) is 0 Å². The van der Waals surface area contributed by atoms with Crippen molar-refractivity contribution in [3.63, 3.8) is 0 Å². The van der Waals surface area contributed by atoms with Crippen molar-refractivity contribution in [3.05, 3.63) is 74.3 Å². The van der Waals surface area contributed by atoms with Gasteiger partial charge in [-0.05, 0) is 11.0 Å². The Kier molecular flexibility index (Phi) is 18.2. The van der Waals surface area contributed by atoms with Crippen LogP contribution in [-0.4, -0.2) is 35.5 Å². The Labute approximate surface area is 164 Å². The van der Waals surface area contributed by atoms with Crippen molar-refractivity contribution < 1.29 is 21.7 Å². The molecule has 4 heteroatoms. The molecule has 128 valence electrons. The van der Waals surface area contributed by atoms with Gasteiger partial charge in [-0.3, -0.25) is 6.08 Å². The summed E-state index contributed by atoms with van der Waals surface area (Å²) in [5.41, 5.74) is 10.6. The zero-order chi connectivity index (χ0) is 14.5. The minimum absolute atomic E-state index is 0. The van der Waals surface area contributed by atoms with E-state index in [1.807, 2.05) is 26.8 Å². The fourth-order valence-electron chi connectivity index (χ4n) is 1.69. The quantitative estimate of drug-likeness (QED) is 0.574. The molecule has 0 atom stereocenters. The van der Waals surface area contributed by atoms with Crippen LogP contribution in [0.3, 0.4) is 0 Å². The van der Waals surface area contributed by atoms with Gasteiger partial charge in [-0.15, -0.1) is 5.54 Å². The second-order valence-electron chi connectivity index (χ2n) is 5.90. The Hall–Kier alpha value is -0.609. The van der Waals surface area contributed by atoms with E-state index < -0.39 is 0 Å². The number of allylic oxidation sites excluding steroid dienone is 3. The van der Waals surface area contributed by atoms with Crippen LogP contribution in [-0.2, 0) is 21.7 Å². The Morgan fingerprint density at radius 1 is 1.04 bits per heavy atom. The zero-order valence-corrected chi connectivity index (χ0v) is 16.7. The molecule has 0 spiro atoms. The Bertz CT molecular complexity index is 454. The van der Waals surface area contributed by atoms with E-state index in [0.717, 1.165) is 6.42 Å². The largest absolute Gasteiger partial charge is 4.00 e. The molecule has 0 radical (unpaired) electrons. The summed E-state index contributed by atoms with van der Waals surface area (Å²) in [6.07, 6.45) is 6.28. The smallest absolute Gasteiger partial charge is 0.673 e. The monoisotopic (exact) mass is 366 g/mol. The van der Waals surface area contributed by atoms with E-state index in [1.165, 1.54) is 16.8 Å².